The van der Waals surface area contributed by atoms with Crippen molar-refractivity contribution in [2.45, 2.75) is 52.4 Å². The zero-order valence-corrected chi connectivity index (χ0v) is 8.55. The fourth-order valence-electron chi connectivity index (χ4n) is 3.46. The van der Waals surface area contributed by atoms with Gasteiger partial charge in [-0.3, -0.25) is 0 Å². The van der Waals surface area contributed by atoms with E-state index in [0.717, 1.165) is 23.7 Å². The largest absolute Gasteiger partial charge is 0.0625 e. The van der Waals surface area contributed by atoms with E-state index in [9.17, 15) is 0 Å². The molecule has 2 fully saturated rings. The molecule has 4 atom stereocenters. The summed E-state index contributed by atoms with van der Waals surface area (Å²) in [5, 5.41) is 0. The van der Waals surface area contributed by atoms with Gasteiger partial charge in [-0.05, 0) is 36.5 Å². The molecule has 0 aromatic carbocycles. The van der Waals surface area contributed by atoms with Crippen molar-refractivity contribution >= 4 is 0 Å². The first-order valence-corrected chi connectivity index (χ1v) is 5.77. The Morgan fingerprint density at radius 3 is 2.58 bits per heavy atom. The molecule has 0 heterocycles. The van der Waals surface area contributed by atoms with Crippen molar-refractivity contribution in [1.82, 2.24) is 0 Å². The highest BCUT2D eigenvalue weighted by molar-refractivity contribution is 4.85. The summed E-state index contributed by atoms with van der Waals surface area (Å²) in [5.41, 5.74) is 0. The van der Waals surface area contributed by atoms with Crippen LogP contribution in [0.5, 0.6) is 0 Å². The molecule has 2 rings (SSSR count). The van der Waals surface area contributed by atoms with E-state index in [4.69, 9.17) is 0 Å². The van der Waals surface area contributed by atoms with Crippen LogP contribution in [0.1, 0.15) is 52.4 Å². The second-order valence-corrected chi connectivity index (χ2v) is 5.25. The normalized spacial score (nSPS) is 48.5. The Bertz CT molecular complexity index is 150. The van der Waals surface area contributed by atoms with Crippen LogP contribution in [0.15, 0.2) is 0 Å². The van der Waals surface area contributed by atoms with E-state index >= 15 is 0 Å². The number of fused-ring (bicyclic) bond motifs is 1. The smallest absolute Gasteiger partial charge is 0.0358 e. The molecule has 0 saturated heterocycles. The van der Waals surface area contributed by atoms with Gasteiger partial charge in [0.2, 0.25) is 0 Å². The molecule has 0 aromatic heterocycles. The maximum absolute atomic E-state index is 2.48. The van der Waals surface area contributed by atoms with Crippen LogP contribution >= 0.6 is 0 Å². The van der Waals surface area contributed by atoms with Gasteiger partial charge < -0.3 is 0 Å². The van der Waals surface area contributed by atoms with Gasteiger partial charge in [0.15, 0.2) is 0 Å². The molecule has 2 aliphatic rings. The molecule has 0 heteroatoms. The van der Waals surface area contributed by atoms with Crippen molar-refractivity contribution in [2.75, 3.05) is 0 Å². The maximum atomic E-state index is 2.48. The van der Waals surface area contributed by atoms with Gasteiger partial charge in [-0.25, -0.2) is 0 Å². The molecule has 2 saturated carbocycles. The summed E-state index contributed by atoms with van der Waals surface area (Å²) in [6, 6.07) is 0. The van der Waals surface area contributed by atoms with Crippen LogP contribution in [0, 0.1) is 23.7 Å². The Balaban J connectivity index is 2.00. The van der Waals surface area contributed by atoms with Crippen LogP contribution in [-0.4, -0.2) is 0 Å². The van der Waals surface area contributed by atoms with Crippen molar-refractivity contribution in [3.05, 3.63) is 0 Å². The van der Waals surface area contributed by atoms with E-state index in [1.165, 1.54) is 32.1 Å². The molecular formula is C12H22. The molecule has 0 unspecified atom stereocenters. The Kier molecular flexibility index (Phi) is 2.43. The lowest BCUT2D eigenvalue weighted by molar-refractivity contribution is 0.0880. The van der Waals surface area contributed by atoms with Gasteiger partial charge in [-0.2, -0.15) is 0 Å². The zero-order valence-electron chi connectivity index (χ0n) is 8.55. The molecule has 0 nitrogen and oxygen atoms in total. The van der Waals surface area contributed by atoms with E-state index in [1.807, 2.05) is 0 Å². The topological polar surface area (TPSA) is 0 Å². The third-order valence-electron chi connectivity index (χ3n) is 4.28. The molecule has 0 bridgehead atoms. The van der Waals surface area contributed by atoms with Crippen molar-refractivity contribution in [3.8, 4) is 0 Å². The maximum Gasteiger partial charge on any atom is -0.0358 e. The zero-order chi connectivity index (χ0) is 8.55. The van der Waals surface area contributed by atoms with Crippen LogP contribution in [0.4, 0.5) is 0 Å². The standard InChI is InChI=1S/C12H22/c1-9-6-7-11-5-3-4-10(2)12(11)8-9/h9-12H,3-8H2,1-2H3/t9-,10-,11+,12+/m0/s1. The fourth-order valence-corrected chi connectivity index (χ4v) is 3.46. The van der Waals surface area contributed by atoms with Crippen molar-refractivity contribution < 1.29 is 0 Å². The van der Waals surface area contributed by atoms with Gasteiger partial charge in [0, 0.05) is 0 Å². The second-order valence-electron chi connectivity index (χ2n) is 5.25. The molecule has 0 radical (unpaired) electrons. The van der Waals surface area contributed by atoms with Crippen LogP contribution in [0.2, 0.25) is 0 Å². The van der Waals surface area contributed by atoms with E-state index in [2.05, 4.69) is 13.8 Å². The number of rotatable bonds is 0. The third kappa shape index (κ3) is 1.53. The van der Waals surface area contributed by atoms with Crippen LogP contribution in [-0.2, 0) is 0 Å². The van der Waals surface area contributed by atoms with Gasteiger partial charge in [-0.1, -0.05) is 39.5 Å². The van der Waals surface area contributed by atoms with E-state index < -0.39 is 0 Å². The van der Waals surface area contributed by atoms with Gasteiger partial charge in [-0.15, -0.1) is 0 Å². The fraction of sp³-hybridized carbons (Fsp3) is 1.00. The van der Waals surface area contributed by atoms with E-state index in [1.54, 1.807) is 6.42 Å². The molecular weight excluding hydrogens is 144 g/mol. The Hall–Kier alpha value is 0. The molecule has 0 amide bonds. The number of hydrogen-bond donors (Lipinski definition) is 0. The molecule has 0 spiro atoms. The second kappa shape index (κ2) is 3.40. The van der Waals surface area contributed by atoms with E-state index in [-0.39, 0.29) is 0 Å². The quantitative estimate of drug-likeness (QED) is 0.512. The highest BCUT2D eigenvalue weighted by Crippen LogP contribution is 2.45. The average molecular weight is 166 g/mol. The molecule has 0 aliphatic heterocycles. The lowest BCUT2D eigenvalue weighted by Gasteiger charge is -2.42. The lowest BCUT2D eigenvalue weighted by Crippen LogP contribution is -2.32. The SMILES string of the molecule is C[C@H]1CC[C@H]2CCC[C@H](C)[C@H]2C1. The summed E-state index contributed by atoms with van der Waals surface area (Å²) in [4.78, 5) is 0. The Morgan fingerprint density at radius 2 is 1.75 bits per heavy atom. The van der Waals surface area contributed by atoms with Crippen molar-refractivity contribution in [3.63, 3.8) is 0 Å². The lowest BCUT2D eigenvalue weighted by atomic mass is 9.64. The summed E-state index contributed by atoms with van der Waals surface area (Å²) < 4.78 is 0. The van der Waals surface area contributed by atoms with Gasteiger partial charge in [0.05, 0.1) is 0 Å². The minimum Gasteiger partial charge on any atom is -0.0625 e. The first-order chi connectivity index (χ1) is 5.77. The van der Waals surface area contributed by atoms with Crippen LogP contribution in [0.25, 0.3) is 0 Å². The van der Waals surface area contributed by atoms with Gasteiger partial charge in [0.1, 0.15) is 0 Å². The predicted molar refractivity (Wildman–Crippen MR) is 53.0 cm³/mol. The van der Waals surface area contributed by atoms with Gasteiger partial charge in [0.25, 0.3) is 0 Å². The Morgan fingerprint density at radius 1 is 0.917 bits per heavy atom. The molecule has 70 valence electrons. The molecule has 0 N–H and O–H groups in total. The van der Waals surface area contributed by atoms with Crippen LogP contribution in [0.3, 0.4) is 0 Å². The average Bonchev–Trinajstić information content (AvgIpc) is 2.07. The van der Waals surface area contributed by atoms with Crippen molar-refractivity contribution in [1.29, 1.82) is 0 Å². The summed E-state index contributed by atoms with van der Waals surface area (Å²) in [5.74, 6) is 4.27. The minimum atomic E-state index is 1.02. The van der Waals surface area contributed by atoms with Crippen molar-refractivity contribution in [2.24, 2.45) is 23.7 Å². The Labute approximate surface area is 76.7 Å². The first-order valence-electron chi connectivity index (χ1n) is 5.77. The van der Waals surface area contributed by atoms with E-state index in [0.29, 0.717) is 0 Å². The summed E-state index contributed by atoms with van der Waals surface area (Å²) in [6.07, 6.45) is 9.14. The summed E-state index contributed by atoms with van der Waals surface area (Å²) in [7, 11) is 0. The highest BCUT2D eigenvalue weighted by atomic mass is 14.4. The predicted octanol–water partition coefficient (Wildman–Crippen LogP) is 3.86. The molecule has 0 aromatic rings. The first kappa shape index (κ1) is 8.59. The molecule has 12 heavy (non-hydrogen) atoms. The van der Waals surface area contributed by atoms with Crippen LogP contribution < -0.4 is 0 Å². The molecule has 2 aliphatic carbocycles. The van der Waals surface area contributed by atoms with Gasteiger partial charge >= 0.3 is 0 Å². The number of hydrogen-bond acceptors (Lipinski definition) is 0. The monoisotopic (exact) mass is 166 g/mol. The minimum absolute atomic E-state index is 1.02. The third-order valence-corrected chi connectivity index (χ3v) is 4.28. The highest BCUT2D eigenvalue weighted by Gasteiger charge is 2.34. The summed E-state index contributed by atoms with van der Waals surface area (Å²) >= 11 is 0. The summed E-state index contributed by atoms with van der Waals surface area (Å²) in [6.45, 7) is 4.92.